The minimum absolute atomic E-state index is 0.121. The van der Waals surface area contributed by atoms with Crippen LogP contribution in [0.25, 0.3) is 0 Å². The first-order chi connectivity index (χ1) is 13.3. The summed E-state index contributed by atoms with van der Waals surface area (Å²) in [5.74, 6) is 3.04. The smallest absolute Gasteiger partial charge is 0.121 e. The molecule has 0 bridgehead atoms. The van der Waals surface area contributed by atoms with Crippen molar-refractivity contribution in [2.75, 3.05) is 6.61 Å². The summed E-state index contributed by atoms with van der Waals surface area (Å²) in [7, 11) is 0. The van der Waals surface area contributed by atoms with Gasteiger partial charge >= 0.3 is 0 Å². The Bertz CT molecular complexity index is 699. The lowest BCUT2D eigenvalue weighted by molar-refractivity contribution is -0.111. The lowest BCUT2D eigenvalue weighted by Gasteiger charge is -2.45. The molecule has 0 N–H and O–H groups in total. The number of rotatable bonds is 8. The quantitative estimate of drug-likeness (QED) is 0.480. The molecule has 140 valence electrons. The third-order valence-electron chi connectivity index (χ3n) is 5.89. The van der Waals surface area contributed by atoms with E-state index in [0.717, 1.165) is 30.3 Å². The fourth-order valence-corrected chi connectivity index (χ4v) is 4.71. The number of carbonyl (C=O) groups is 1. The molecule has 0 heterocycles. The summed E-state index contributed by atoms with van der Waals surface area (Å²) in [6.45, 7) is 0.265. The van der Waals surface area contributed by atoms with E-state index in [-0.39, 0.29) is 12.7 Å². The monoisotopic (exact) mass is 360 g/mol. The summed E-state index contributed by atoms with van der Waals surface area (Å²) in [5, 5.41) is 0. The molecule has 2 aromatic carbocycles. The summed E-state index contributed by atoms with van der Waals surface area (Å²) in [6, 6.07) is 20.6. The Labute approximate surface area is 163 Å². The predicted octanol–water partition coefficient (Wildman–Crippen LogP) is 5.16. The van der Waals surface area contributed by atoms with Crippen LogP contribution in [0.3, 0.4) is 0 Å². The molecule has 1 aliphatic carbocycles. The number of hydrogen-bond donors (Lipinski definition) is 0. The molecule has 1 atom stereocenters. The second-order valence-corrected chi connectivity index (χ2v) is 7.41. The molecule has 1 fully saturated rings. The van der Waals surface area contributed by atoms with Gasteiger partial charge in [-0.25, -0.2) is 0 Å². The molecule has 2 heteroatoms. The topological polar surface area (TPSA) is 26.3 Å². The van der Waals surface area contributed by atoms with Gasteiger partial charge in [0.25, 0.3) is 0 Å². The number of terminal acetylenes is 1. The highest BCUT2D eigenvalue weighted by Gasteiger charge is 2.46. The van der Waals surface area contributed by atoms with Crippen LogP contribution >= 0.6 is 0 Å². The van der Waals surface area contributed by atoms with E-state index in [1.807, 2.05) is 36.4 Å². The zero-order chi connectivity index (χ0) is 19.0. The standard InChI is InChI=1S/C25H28O2/c1-2-20-27-24(21-12-6-3-7-13-21)25(18-19-26,22-14-8-4-9-15-22)23-16-10-5-11-17-23/h1,4-5,8-11,14-17,19,21,24H,3,6-7,12-13,18,20H2. The molecule has 1 unspecified atom stereocenters. The second kappa shape index (κ2) is 9.53. The van der Waals surface area contributed by atoms with E-state index in [1.165, 1.54) is 19.3 Å². The summed E-state index contributed by atoms with van der Waals surface area (Å²) in [4.78, 5) is 11.9. The van der Waals surface area contributed by atoms with Crippen molar-refractivity contribution in [1.82, 2.24) is 0 Å². The number of ether oxygens (including phenoxy) is 1. The van der Waals surface area contributed by atoms with E-state index in [4.69, 9.17) is 11.2 Å². The minimum atomic E-state index is -0.525. The van der Waals surface area contributed by atoms with Crippen molar-refractivity contribution in [3.63, 3.8) is 0 Å². The lowest BCUT2D eigenvalue weighted by Crippen LogP contribution is -2.48. The van der Waals surface area contributed by atoms with Gasteiger partial charge in [-0.05, 0) is 29.9 Å². The molecular formula is C25H28O2. The maximum atomic E-state index is 11.9. The van der Waals surface area contributed by atoms with E-state index in [2.05, 4.69) is 30.2 Å². The maximum absolute atomic E-state index is 11.9. The lowest BCUT2D eigenvalue weighted by atomic mass is 9.63. The molecule has 1 aliphatic rings. The summed E-state index contributed by atoms with van der Waals surface area (Å²) in [5.41, 5.74) is 1.72. The average molecular weight is 360 g/mol. The third kappa shape index (κ3) is 4.15. The van der Waals surface area contributed by atoms with Crippen LogP contribution in [0.1, 0.15) is 49.7 Å². The first-order valence-electron chi connectivity index (χ1n) is 9.92. The Morgan fingerprint density at radius 2 is 1.56 bits per heavy atom. The molecule has 2 aromatic rings. The fourth-order valence-electron chi connectivity index (χ4n) is 4.71. The number of carbonyl (C=O) groups excluding carboxylic acids is 1. The number of benzene rings is 2. The van der Waals surface area contributed by atoms with E-state index in [0.29, 0.717) is 12.3 Å². The third-order valence-corrected chi connectivity index (χ3v) is 5.89. The Hall–Kier alpha value is -2.37. The van der Waals surface area contributed by atoms with Gasteiger partial charge in [0.1, 0.15) is 12.9 Å². The van der Waals surface area contributed by atoms with Crippen LogP contribution in [0.5, 0.6) is 0 Å². The molecule has 27 heavy (non-hydrogen) atoms. The van der Waals surface area contributed by atoms with Gasteiger partial charge in [0.05, 0.1) is 11.5 Å². The molecule has 0 aromatic heterocycles. The van der Waals surface area contributed by atoms with Crippen molar-refractivity contribution >= 4 is 6.29 Å². The molecular weight excluding hydrogens is 332 g/mol. The van der Waals surface area contributed by atoms with E-state index < -0.39 is 5.41 Å². The Morgan fingerprint density at radius 3 is 2.04 bits per heavy atom. The highest BCUT2D eigenvalue weighted by Crippen LogP contribution is 2.45. The normalized spacial score (nSPS) is 16.4. The van der Waals surface area contributed by atoms with E-state index >= 15 is 0 Å². The Kier molecular flexibility index (Phi) is 6.85. The zero-order valence-electron chi connectivity index (χ0n) is 15.8. The van der Waals surface area contributed by atoms with Crippen LogP contribution in [-0.2, 0) is 14.9 Å². The SMILES string of the molecule is C#CCOC(C1CCCCC1)C(CC=O)(c1ccccc1)c1ccccc1. The van der Waals surface area contributed by atoms with E-state index in [9.17, 15) is 4.79 Å². The van der Waals surface area contributed by atoms with Gasteiger partial charge in [-0.3, -0.25) is 0 Å². The van der Waals surface area contributed by atoms with E-state index in [1.54, 1.807) is 0 Å². The largest absolute Gasteiger partial charge is 0.364 e. The summed E-state index contributed by atoms with van der Waals surface area (Å²) in [6.07, 6.45) is 12.8. The fraction of sp³-hybridized carbons (Fsp3) is 0.400. The molecule has 1 saturated carbocycles. The number of hydrogen-bond acceptors (Lipinski definition) is 2. The van der Waals surface area contributed by atoms with Gasteiger partial charge in [0.2, 0.25) is 0 Å². The van der Waals surface area contributed by atoms with Crippen molar-refractivity contribution in [3.8, 4) is 12.3 Å². The van der Waals surface area contributed by atoms with Crippen LogP contribution in [0, 0.1) is 18.3 Å². The average Bonchev–Trinajstić information content (AvgIpc) is 2.75. The Balaban J connectivity index is 2.18. The molecule has 0 amide bonds. The minimum Gasteiger partial charge on any atom is -0.364 e. The zero-order valence-corrected chi connectivity index (χ0v) is 15.8. The predicted molar refractivity (Wildman–Crippen MR) is 109 cm³/mol. The van der Waals surface area contributed by atoms with Gasteiger partial charge in [-0.1, -0.05) is 85.8 Å². The molecule has 0 spiro atoms. The number of aldehydes is 1. The second-order valence-electron chi connectivity index (χ2n) is 7.41. The van der Waals surface area contributed by atoms with Crippen LogP contribution in [0.2, 0.25) is 0 Å². The highest BCUT2D eigenvalue weighted by atomic mass is 16.5. The van der Waals surface area contributed by atoms with Crippen LogP contribution < -0.4 is 0 Å². The molecule has 2 nitrogen and oxygen atoms in total. The van der Waals surface area contributed by atoms with Crippen LogP contribution in [0.15, 0.2) is 60.7 Å². The molecule has 0 saturated heterocycles. The van der Waals surface area contributed by atoms with Gasteiger partial charge < -0.3 is 9.53 Å². The van der Waals surface area contributed by atoms with Crippen molar-refractivity contribution in [3.05, 3.63) is 71.8 Å². The maximum Gasteiger partial charge on any atom is 0.121 e. The first kappa shape index (κ1) is 19.4. The molecule has 3 rings (SSSR count). The van der Waals surface area contributed by atoms with Gasteiger partial charge in [-0.2, -0.15) is 0 Å². The van der Waals surface area contributed by atoms with Gasteiger partial charge in [0.15, 0.2) is 0 Å². The van der Waals surface area contributed by atoms with Crippen LogP contribution in [-0.4, -0.2) is 19.0 Å². The van der Waals surface area contributed by atoms with Crippen molar-refractivity contribution in [1.29, 1.82) is 0 Å². The highest BCUT2D eigenvalue weighted by molar-refractivity contribution is 5.58. The molecule has 0 aliphatic heterocycles. The van der Waals surface area contributed by atoms with Crippen molar-refractivity contribution < 1.29 is 9.53 Å². The molecule has 0 radical (unpaired) electrons. The van der Waals surface area contributed by atoms with Crippen LogP contribution in [0.4, 0.5) is 0 Å². The van der Waals surface area contributed by atoms with Crippen molar-refractivity contribution in [2.24, 2.45) is 5.92 Å². The first-order valence-corrected chi connectivity index (χ1v) is 9.92. The Morgan fingerprint density at radius 1 is 1.00 bits per heavy atom. The van der Waals surface area contributed by atoms with Gasteiger partial charge in [-0.15, -0.1) is 6.42 Å². The van der Waals surface area contributed by atoms with Gasteiger partial charge in [0, 0.05) is 6.42 Å². The summed E-state index contributed by atoms with van der Waals surface area (Å²) >= 11 is 0. The summed E-state index contributed by atoms with van der Waals surface area (Å²) < 4.78 is 6.36. The van der Waals surface area contributed by atoms with Crippen molar-refractivity contribution in [2.45, 2.75) is 50.0 Å².